The molecule has 0 saturated carbocycles. The summed E-state index contributed by atoms with van der Waals surface area (Å²) in [5.41, 5.74) is 2.46. The molecule has 0 aliphatic carbocycles. The van der Waals surface area contributed by atoms with E-state index in [1.807, 2.05) is 6.92 Å². The average Bonchev–Trinajstić information content (AvgIpc) is 2.31. The molecule has 0 aromatic carbocycles. The number of nitrogens with one attached hydrogen (secondary N) is 3. The summed E-state index contributed by atoms with van der Waals surface area (Å²) in [5.74, 6) is 5.73. The number of rotatable bonds is 4. The fraction of sp³-hybridized carbons (Fsp3) is 0.800. The lowest BCUT2D eigenvalue weighted by atomic mass is 10.1. The van der Waals surface area contributed by atoms with Crippen LogP contribution < -0.4 is 21.9 Å². The maximum atomic E-state index is 11.5. The van der Waals surface area contributed by atoms with Gasteiger partial charge in [0.05, 0.1) is 6.61 Å². The lowest BCUT2D eigenvalue weighted by Gasteiger charge is -2.21. The predicted octanol–water partition coefficient (Wildman–Crippen LogP) is -1.29. The Morgan fingerprint density at radius 2 is 2.53 bits per heavy atom. The van der Waals surface area contributed by atoms with Gasteiger partial charge in [-0.05, 0) is 19.8 Å². The Morgan fingerprint density at radius 3 is 3.12 bits per heavy atom. The molecule has 1 aliphatic heterocycles. The highest BCUT2D eigenvalue weighted by molar-refractivity contribution is 5.87. The van der Waals surface area contributed by atoms with Crippen molar-refractivity contribution in [1.82, 2.24) is 16.1 Å². The quantitative estimate of drug-likeness (QED) is 0.213. The Morgan fingerprint density at radius 1 is 1.76 bits per heavy atom. The Kier molecular flexibility index (Phi) is 5.71. The molecule has 0 aromatic rings. The van der Waals surface area contributed by atoms with Gasteiger partial charge in [0, 0.05) is 19.7 Å². The summed E-state index contributed by atoms with van der Waals surface area (Å²) in [6.45, 7) is 3.21. The molecule has 1 aliphatic rings. The van der Waals surface area contributed by atoms with Crippen LogP contribution in [0, 0.1) is 0 Å². The third kappa shape index (κ3) is 4.58. The summed E-state index contributed by atoms with van der Waals surface area (Å²) in [4.78, 5) is 15.8. The number of guanidine groups is 1. The smallest absolute Gasteiger partial charge is 0.244 e. The predicted molar refractivity (Wildman–Crippen MR) is 65.3 cm³/mol. The van der Waals surface area contributed by atoms with Crippen LogP contribution in [0.2, 0.25) is 0 Å². The zero-order valence-electron chi connectivity index (χ0n) is 10.3. The van der Waals surface area contributed by atoms with Crippen LogP contribution in [0.25, 0.3) is 0 Å². The second-order valence-corrected chi connectivity index (χ2v) is 4.07. The van der Waals surface area contributed by atoms with Gasteiger partial charge in [-0.1, -0.05) is 0 Å². The summed E-state index contributed by atoms with van der Waals surface area (Å²) in [6.07, 6.45) is 1.68. The highest BCUT2D eigenvalue weighted by Gasteiger charge is 2.21. The van der Waals surface area contributed by atoms with Crippen molar-refractivity contribution < 1.29 is 9.53 Å². The van der Waals surface area contributed by atoms with Gasteiger partial charge in [0.1, 0.15) is 6.04 Å². The number of nitrogens with zero attached hydrogens (tertiary/aromatic N) is 1. The number of methoxy groups -OCH3 is 1. The second kappa shape index (κ2) is 7.08. The van der Waals surface area contributed by atoms with E-state index in [2.05, 4.69) is 21.1 Å². The molecule has 1 saturated heterocycles. The summed E-state index contributed by atoms with van der Waals surface area (Å²) < 4.78 is 4.99. The zero-order chi connectivity index (χ0) is 12.7. The SMILES string of the molecule is COCC(C)NC(=NC1CCCNC1=O)NN. The molecule has 0 spiro atoms. The average molecular weight is 243 g/mol. The Balaban J connectivity index is 2.55. The van der Waals surface area contributed by atoms with Crippen molar-refractivity contribution in [2.45, 2.75) is 31.8 Å². The van der Waals surface area contributed by atoms with Crippen molar-refractivity contribution in [3.05, 3.63) is 0 Å². The third-order valence-electron chi connectivity index (χ3n) is 2.48. The van der Waals surface area contributed by atoms with Crippen LogP contribution in [0.3, 0.4) is 0 Å². The molecule has 98 valence electrons. The fourth-order valence-corrected chi connectivity index (χ4v) is 1.68. The molecule has 7 nitrogen and oxygen atoms in total. The van der Waals surface area contributed by atoms with Crippen LogP contribution in [0.1, 0.15) is 19.8 Å². The van der Waals surface area contributed by atoms with Crippen LogP contribution in [-0.4, -0.2) is 44.2 Å². The van der Waals surface area contributed by atoms with E-state index in [1.165, 1.54) is 0 Å². The van der Waals surface area contributed by atoms with Crippen LogP contribution in [0.5, 0.6) is 0 Å². The molecule has 5 N–H and O–H groups in total. The number of piperidine rings is 1. The molecule has 1 rings (SSSR count). The zero-order valence-corrected chi connectivity index (χ0v) is 10.3. The number of ether oxygens (including phenoxy) is 1. The summed E-state index contributed by atoms with van der Waals surface area (Å²) in [7, 11) is 1.62. The molecule has 7 heteroatoms. The number of carbonyl (C=O) groups excluding carboxylic acids is 1. The molecule has 0 radical (unpaired) electrons. The molecule has 17 heavy (non-hydrogen) atoms. The summed E-state index contributed by atoms with van der Waals surface area (Å²) >= 11 is 0. The van der Waals surface area contributed by atoms with Crippen molar-refractivity contribution in [2.75, 3.05) is 20.3 Å². The van der Waals surface area contributed by atoms with Crippen molar-refractivity contribution in [3.63, 3.8) is 0 Å². The van der Waals surface area contributed by atoms with Gasteiger partial charge in [0.2, 0.25) is 11.9 Å². The first-order valence-corrected chi connectivity index (χ1v) is 5.75. The van der Waals surface area contributed by atoms with E-state index >= 15 is 0 Å². The monoisotopic (exact) mass is 243 g/mol. The summed E-state index contributed by atoms with van der Waals surface area (Å²) in [6, 6.07) is -0.293. The van der Waals surface area contributed by atoms with Crippen LogP contribution in [-0.2, 0) is 9.53 Å². The molecule has 1 heterocycles. The minimum absolute atomic E-state index is 0.0507. The van der Waals surface area contributed by atoms with Gasteiger partial charge in [-0.25, -0.2) is 10.8 Å². The van der Waals surface area contributed by atoms with Gasteiger partial charge < -0.3 is 15.4 Å². The Labute approximate surface area is 101 Å². The number of hydrazine groups is 1. The number of aliphatic imine (C=N–C) groups is 1. The van der Waals surface area contributed by atoms with Gasteiger partial charge in [0.25, 0.3) is 0 Å². The van der Waals surface area contributed by atoms with E-state index in [-0.39, 0.29) is 18.0 Å². The largest absolute Gasteiger partial charge is 0.383 e. The molecular formula is C10H21N5O2. The highest BCUT2D eigenvalue weighted by atomic mass is 16.5. The fourth-order valence-electron chi connectivity index (χ4n) is 1.68. The van der Waals surface area contributed by atoms with E-state index in [0.717, 1.165) is 19.4 Å². The maximum Gasteiger partial charge on any atom is 0.244 e. The first-order valence-electron chi connectivity index (χ1n) is 5.75. The lowest BCUT2D eigenvalue weighted by molar-refractivity contribution is -0.123. The second-order valence-electron chi connectivity index (χ2n) is 4.07. The number of hydrogen-bond acceptors (Lipinski definition) is 4. The number of nitrogens with two attached hydrogens (primary N) is 1. The van der Waals surface area contributed by atoms with Gasteiger partial charge in [-0.2, -0.15) is 0 Å². The van der Waals surface area contributed by atoms with E-state index in [1.54, 1.807) is 7.11 Å². The van der Waals surface area contributed by atoms with E-state index in [9.17, 15) is 4.79 Å². The lowest BCUT2D eigenvalue weighted by Crippen LogP contribution is -2.49. The van der Waals surface area contributed by atoms with Crippen LogP contribution in [0.15, 0.2) is 4.99 Å². The van der Waals surface area contributed by atoms with Gasteiger partial charge >= 0.3 is 0 Å². The van der Waals surface area contributed by atoms with E-state index < -0.39 is 0 Å². The number of carbonyl (C=O) groups is 1. The number of hydrogen-bond donors (Lipinski definition) is 4. The van der Waals surface area contributed by atoms with Crippen molar-refractivity contribution >= 4 is 11.9 Å². The molecule has 1 amide bonds. The first-order chi connectivity index (χ1) is 8.17. The van der Waals surface area contributed by atoms with Gasteiger partial charge in [-0.15, -0.1) is 0 Å². The number of amides is 1. The first kappa shape index (κ1) is 13.7. The standard InChI is InChI=1S/C10H21N5O2/c1-7(6-17-2)13-10(15-11)14-8-4-3-5-12-9(8)16/h7-8H,3-6,11H2,1-2H3,(H,12,16)(H2,13,14,15). The Bertz CT molecular complexity index is 282. The van der Waals surface area contributed by atoms with Crippen molar-refractivity contribution in [1.29, 1.82) is 0 Å². The molecule has 0 bridgehead atoms. The van der Waals surface area contributed by atoms with E-state index in [0.29, 0.717) is 12.6 Å². The molecule has 0 aromatic heterocycles. The van der Waals surface area contributed by atoms with Crippen molar-refractivity contribution in [3.8, 4) is 0 Å². The van der Waals surface area contributed by atoms with Crippen molar-refractivity contribution in [2.24, 2.45) is 10.8 Å². The van der Waals surface area contributed by atoms with Gasteiger partial charge in [0.15, 0.2) is 0 Å². The summed E-state index contributed by atoms with van der Waals surface area (Å²) in [5, 5.41) is 5.82. The molecule has 2 atom stereocenters. The topological polar surface area (TPSA) is 101 Å². The van der Waals surface area contributed by atoms with Gasteiger partial charge in [-0.3, -0.25) is 10.2 Å². The Hall–Kier alpha value is -1.34. The molecular weight excluding hydrogens is 222 g/mol. The van der Waals surface area contributed by atoms with Crippen LogP contribution >= 0.6 is 0 Å². The normalized spacial score (nSPS) is 22.9. The molecule has 1 fully saturated rings. The highest BCUT2D eigenvalue weighted by Crippen LogP contribution is 2.06. The minimum Gasteiger partial charge on any atom is -0.383 e. The van der Waals surface area contributed by atoms with E-state index in [4.69, 9.17) is 10.6 Å². The maximum absolute atomic E-state index is 11.5. The van der Waals surface area contributed by atoms with Crippen LogP contribution in [0.4, 0.5) is 0 Å². The third-order valence-corrected chi connectivity index (χ3v) is 2.48. The molecule has 2 unspecified atom stereocenters. The minimum atomic E-state index is -0.364.